The molecule has 0 spiro atoms. The molecule has 2 bridgehead atoms. The van der Waals surface area contributed by atoms with Gasteiger partial charge in [0.15, 0.2) is 18.1 Å². The first-order valence-electron chi connectivity index (χ1n) is 16.2. The van der Waals surface area contributed by atoms with Crippen LogP contribution in [0, 0.1) is 11.3 Å². The van der Waals surface area contributed by atoms with Crippen molar-refractivity contribution >= 4 is 17.8 Å². The fraction of sp³-hybridized carbons (Fsp3) is 0.571. The fourth-order valence-electron chi connectivity index (χ4n) is 6.02. The molecule has 0 radical (unpaired) electrons. The van der Waals surface area contributed by atoms with E-state index < -0.39 is 5.41 Å². The molecule has 2 aromatic rings. The maximum Gasteiger partial charge on any atom is 0.314 e. The van der Waals surface area contributed by atoms with E-state index in [1.165, 1.54) is 0 Å². The van der Waals surface area contributed by atoms with Crippen molar-refractivity contribution in [3.63, 3.8) is 0 Å². The zero-order valence-corrected chi connectivity index (χ0v) is 27.7. The molecular weight excluding hydrogens is 590 g/mol. The number of ether oxygens (including phenoxy) is 5. The second kappa shape index (κ2) is 17.2. The molecule has 1 fully saturated rings. The summed E-state index contributed by atoms with van der Waals surface area (Å²) < 4.78 is 27.9. The average Bonchev–Trinajstić information content (AvgIpc) is 3.86. The zero-order chi connectivity index (χ0) is 32.9. The second-order valence-electron chi connectivity index (χ2n) is 12.2. The van der Waals surface area contributed by atoms with Gasteiger partial charge in [-0.15, -0.1) is 0 Å². The fourth-order valence-corrected chi connectivity index (χ4v) is 6.02. The Bertz CT molecular complexity index is 1330. The number of esters is 1. The van der Waals surface area contributed by atoms with Gasteiger partial charge in [0.05, 0.1) is 32.8 Å². The van der Waals surface area contributed by atoms with E-state index in [4.69, 9.17) is 23.7 Å². The molecule has 46 heavy (non-hydrogen) atoms. The van der Waals surface area contributed by atoms with Crippen LogP contribution < -0.4 is 24.8 Å². The average molecular weight is 640 g/mol. The smallest absolute Gasteiger partial charge is 0.314 e. The Labute approximate surface area is 272 Å². The van der Waals surface area contributed by atoms with E-state index in [0.717, 1.165) is 35.3 Å². The highest BCUT2D eigenvalue weighted by atomic mass is 16.5. The van der Waals surface area contributed by atoms with Crippen LogP contribution in [0.4, 0.5) is 0 Å². The summed E-state index contributed by atoms with van der Waals surface area (Å²) in [5, 5.41) is 6.04. The van der Waals surface area contributed by atoms with Crippen molar-refractivity contribution in [2.24, 2.45) is 11.3 Å². The van der Waals surface area contributed by atoms with Crippen LogP contribution in [0.5, 0.6) is 17.2 Å². The van der Waals surface area contributed by atoms with Crippen LogP contribution >= 0.6 is 0 Å². The second-order valence-corrected chi connectivity index (χ2v) is 12.2. The molecule has 11 heteroatoms. The van der Waals surface area contributed by atoms with Gasteiger partial charge in [-0.05, 0) is 74.0 Å². The number of benzene rings is 2. The Morgan fingerprint density at radius 1 is 1.00 bits per heavy atom. The molecule has 1 heterocycles. The monoisotopic (exact) mass is 639 g/mol. The van der Waals surface area contributed by atoms with Gasteiger partial charge >= 0.3 is 5.97 Å². The van der Waals surface area contributed by atoms with Gasteiger partial charge in [0, 0.05) is 45.3 Å². The van der Waals surface area contributed by atoms with E-state index in [9.17, 15) is 14.4 Å². The minimum absolute atomic E-state index is 0.107. The molecule has 4 rings (SSSR count). The minimum Gasteiger partial charge on any atom is -0.496 e. The first kappa shape index (κ1) is 35.0. The predicted molar refractivity (Wildman–Crippen MR) is 173 cm³/mol. The quantitative estimate of drug-likeness (QED) is 0.375. The standard InChI is InChI=1S/C35H49N3O8/c1-5-45-34(41)35(19-25-8-9-25)20-26-10-13-30(44-4)31(18-26)46-23-33(40)36-14-16-38(15-6-7-32(39)37-24-35)21-27-11-12-29(43-3)28(17-27)22-42-2/h10-13,17-18,25H,5-9,14-16,19-24H2,1-4H3,(H,36,40)(H,37,39). The van der Waals surface area contributed by atoms with Crippen molar-refractivity contribution in [2.75, 3.05) is 60.7 Å². The normalized spacial score (nSPS) is 20.3. The zero-order valence-electron chi connectivity index (χ0n) is 27.7. The number of carbonyl (C=O) groups is 3. The number of amides is 2. The molecule has 1 unspecified atom stereocenters. The first-order chi connectivity index (χ1) is 22.3. The molecule has 2 aromatic carbocycles. The van der Waals surface area contributed by atoms with E-state index in [1.807, 2.05) is 24.3 Å². The van der Waals surface area contributed by atoms with E-state index in [-0.39, 0.29) is 37.5 Å². The van der Waals surface area contributed by atoms with Gasteiger partial charge < -0.3 is 34.3 Å². The summed E-state index contributed by atoms with van der Waals surface area (Å²) >= 11 is 0. The summed E-state index contributed by atoms with van der Waals surface area (Å²) in [6, 6.07) is 11.5. The van der Waals surface area contributed by atoms with Crippen molar-refractivity contribution < 1.29 is 38.1 Å². The van der Waals surface area contributed by atoms with Gasteiger partial charge in [-0.25, -0.2) is 0 Å². The molecule has 1 aliphatic heterocycles. The van der Waals surface area contributed by atoms with Gasteiger partial charge in [-0.2, -0.15) is 0 Å². The lowest BCUT2D eigenvalue weighted by Crippen LogP contribution is -2.46. The first-order valence-corrected chi connectivity index (χ1v) is 16.2. The number of fused-ring (bicyclic) bond motifs is 2. The number of carbonyl (C=O) groups excluding carboxylic acids is 3. The van der Waals surface area contributed by atoms with Crippen LogP contribution in [-0.2, 0) is 43.4 Å². The summed E-state index contributed by atoms with van der Waals surface area (Å²) in [6.45, 7) is 4.72. The summed E-state index contributed by atoms with van der Waals surface area (Å²) in [5.74, 6) is 1.40. The SMILES string of the molecule is CCOC(=O)C1(CC2CC2)CNC(=O)CCCN(Cc2ccc(OC)c(COC)c2)CCNC(=O)COc2cc(ccc2OC)C1. The van der Waals surface area contributed by atoms with E-state index in [0.29, 0.717) is 75.9 Å². The number of hydrogen-bond donors (Lipinski definition) is 2. The Hall–Kier alpha value is -3.83. The third kappa shape index (κ3) is 10.1. The third-order valence-electron chi connectivity index (χ3n) is 8.52. The molecule has 0 saturated heterocycles. The van der Waals surface area contributed by atoms with Crippen LogP contribution in [0.3, 0.4) is 0 Å². The minimum atomic E-state index is -0.929. The maximum atomic E-state index is 13.6. The van der Waals surface area contributed by atoms with Crippen molar-refractivity contribution in [1.82, 2.24) is 15.5 Å². The van der Waals surface area contributed by atoms with Gasteiger partial charge in [0.1, 0.15) is 5.75 Å². The molecule has 1 saturated carbocycles. The number of nitrogens with one attached hydrogen (secondary N) is 2. The molecule has 0 aromatic heterocycles. The van der Waals surface area contributed by atoms with Gasteiger partial charge in [-0.3, -0.25) is 19.3 Å². The highest BCUT2D eigenvalue weighted by molar-refractivity contribution is 5.81. The topological polar surface area (TPSA) is 125 Å². The van der Waals surface area contributed by atoms with Crippen LogP contribution in [0.25, 0.3) is 0 Å². The Morgan fingerprint density at radius 3 is 2.50 bits per heavy atom. The van der Waals surface area contributed by atoms with Gasteiger partial charge in [0.25, 0.3) is 5.91 Å². The Morgan fingerprint density at radius 2 is 1.78 bits per heavy atom. The number of methoxy groups -OCH3 is 3. The van der Waals surface area contributed by atoms with Crippen LogP contribution in [0.1, 0.15) is 55.7 Å². The van der Waals surface area contributed by atoms with Crippen molar-refractivity contribution in [3.8, 4) is 17.2 Å². The van der Waals surface area contributed by atoms with E-state index >= 15 is 0 Å². The van der Waals surface area contributed by atoms with E-state index in [1.54, 1.807) is 34.3 Å². The van der Waals surface area contributed by atoms with Crippen molar-refractivity contribution in [3.05, 3.63) is 53.1 Å². The lowest BCUT2D eigenvalue weighted by atomic mass is 9.76. The molecule has 252 valence electrons. The summed E-state index contributed by atoms with van der Waals surface area (Å²) in [7, 11) is 4.83. The van der Waals surface area contributed by atoms with E-state index in [2.05, 4.69) is 21.6 Å². The summed E-state index contributed by atoms with van der Waals surface area (Å²) in [5.41, 5.74) is 1.93. The molecular formula is C35H49N3O8. The molecule has 2 amide bonds. The predicted octanol–water partition coefficient (Wildman–Crippen LogP) is 3.65. The largest absolute Gasteiger partial charge is 0.496 e. The molecule has 1 aliphatic carbocycles. The Kier molecular flexibility index (Phi) is 13.1. The molecule has 11 nitrogen and oxygen atoms in total. The van der Waals surface area contributed by atoms with Crippen molar-refractivity contribution in [2.45, 2.75) is 58.6 Å². The van der Waals surface area contributed by atoms with Gasteiger partial charge in [0.2, 0.25) is 5.91 Å². The Balaban J connectivity index is 1.57. The van der Waals surface area contributed by atoms with Crippen LogP contribution in [-0.4, -0.2) is 83.4 Å². The highest BCUT2D eigenvalue weighted by Crippen LogP contribution is 2.43. The molecule has 2 N–H and O–H groups in total. The highest BCUT2D eigenvalue weighted by Gasteiger charge is 2.44. The molecule has 1 atom stereocenters. The number of rotatable bonds is 10. The summed E-state index contributed by atoms with van der Waals surface area (Å²) in [6.07, 6.45) is 4.01. The molecule has 2 aliphatic rings. The summed E-state index contributed by atoms with van der Waals surface area (Å²) in [4.78, 5) is 41.8. The van der Waals surface area contributed by atoms with Crippen LogP contribution in [0.15, 0.2) is 36.4 Å². The lowest BCUT2D eigenvalue weighted by Gasteiger charge is -2.32. The lowest BCUT2D eigenvalue weighted by molar-refractivity contribution is -0.156. The maximum absolute atomic E-state index is 13.6. The van der Waals surface area contributed by atoms with Crippen molar-refractivity contribution in [1.29, 1.82) is 0 Å². The third-order valence-corrected chi connectivity index (χ3v) is 8.52. The van der Waals surface area contributed by atoms with Crippen LogP contribution in [0.2, 0.25) is 0 Å². The number of nitrogens with zero attached hydrogens (tertiary/aromatic N) is 1. The number of hydrogen-bond acceptors (Lipinski definition) is 9. The van der Waals surface area contributed by atoms with Gasteiger partial charge in [-0.1, -0.05) is 25.0 Å².